The molecule has 2 aromatic carbocycles. The molecule has 4 rings (SSSR count). The molecule has 1 saturated heterocycles. The maximum atomic E-state index is 13.7. The summed E-state index contributed by atoms with van der Waals surface area (Å²) >= 11 is 6.04. The molecule has 1 aromatic heterocycles. The Labute approximate surface area is 238 Å². The zero-order valence-electron chi connectivity index (χ0n) is 22.4. The molecule has 0 saturated carbocycles. The highest BCUT2D eigenvalue weighted by molar-refractivity contribution is 7.89. The second-order valence-corrected chi connectivity index (χ2v) is 12.0. The van der Waals surface area contributed by atoms with E-state index in [-0.39, 0.29) is 23.8 Å². The van der Waals surface area contributed by atoms with Gasteiger partial charge in [-0.2, -0.15) is 4.31 Å². The van der Waals surface area contributed by atoms with Crippen molar-refractivity contribution >= 4 is 50.1 Å². The fourth-order valence-corrected chi connectivity index (χ4v) is 6.76. The Balaban J connectivity index is 1.54. The van der Waals surface area contributed by atoms with Crippen LogP contribution in [-0.4, -0.2) is 83.5 Å². The van der Waals surface area contributed by atoms with Crippen molar-refractivity contribution in [1.82, 2.24) is 19.1 Å². The fraction of sp³-hybridized carbons (Fsp3) is 0.357. The van der Waals surface area contributed by atoms with E-state index in [4.69, 9.17) is 17.3 Å². The highest BCUT2D eigenvalue weighted by Crippen LogP contribution is 2.29. The van der Waals surface area contributed by atoms with Gasteiger partial charge in [0.15, 0.2) is 0 Å². The molecule has 1 aliphatic rings. The van der Waals surface area contributed by atoms with Crippen LogP contribution < -0.4 is 5.73 Å². The maximum absolute atomic E-state index is 13.7. The minimum Gasteiger partial charge on any atom is -0.369 e. The summed E-state index contributed by atoms with van der Waals surface area (Å²) in [7, 11) is -4.29. The number of hydrogen-bond acceptors (Lipinski definition) is 6. The minimum atomic E-state index is -4.29. The summed E-state index contributed by atoms with van der Waals surface area (Å²) in [5, 5.41) is 1.89. The Hall–Kier alpha value is -3.54. The van der Waals surface area contributed by atoms with Crippen molar-refractivity contribution in [2.45, 2.75) is 43.7 Å². The van der Waals surface area contributed by atoms with Crippen LogP contribution >= 0.6 is 11.6 Å². The number of likely N-dealkylation sites (tertiary alicyclic amines) is 1. The van der Waals surface area contributed by atoms with Crippen LogP contribution in [0.2, 0.25) is 5.02 Å². The van der Waals surface area contributed by atoms with Crippen LogP contribution in [0, 0.1) is 0 Å². The lowest BCUT2D eigenvalue weighted by Gasteiger charge is -2.31. The van der Waals surface area contributed by atoms with Gasteiger partial charge in [0.2, 0.25) is 27.7 Å². The SMILES string of the molecule is CCN(CCc1ccccn1)C(=O)[C@H](C)N1CC[C@H](N(CC(N)=O)S(=O)(=O)c2ccc3cc(Cl)ccc3c2)C1=O. The highest BCUT2D eigenvalue weighted by Gasteiger charge is 2.45. The van der Waals surface area contributed by atoms with Gasteiger partial charge in [-0.15, -0.1) is 0 Å². The van der Waals surface area contributed by atoms with Crippen molar-refractivity contribution in [3.05, 3.63) is 71.5 Å². The predicted octanol–water partition coefficient (Wildman–Crippen LogP) is 2.44. The number of likely N-dealkylation sites (N-methyl/N-ethyl adjacent to an activating group) is 1. The van der Waals surface area contributed by atoms with Crippen LogP contribution in [0.5, 0.6) is 0 Å². The van der Waals surface area contributed by atoms with E-state index in [0.717, 1.165) is 15.4 Å². The number of sulfonamides is 1. The molecule has 12 heteroatoms. The van der Waals surface area contributed by atoms with Gasteiger partial charge in [-0.05, 0) is 67.4 Å². The molecular formula is C28H32ClN5O5S. The number of nitrogens with zero attached hydrogens (tertiary/aromatic N) is 4. The Morgan fingerprint density at radius 3 is 2.55 bits per heavy atom. The Morgan fingerprint density at radius 1 is 1.15 bits per heavy atom. The van der Waals surface area contributed by atoms with E-state index in [1.54, 1.807) is 42.3 Å². The Morgan fingerprint density at radius 2 is 1.88 bits per heavy atom. The van der Waals surface area contributed by atoms with Gasteiger partial charge in [0, 0.05) is 43.0 Å². The number of pyridine rings is 1. The lowest BCUT2D eigenvalue weighted by atomic mass is 10.1. The molecule has 1 fully saturated rings. The lowest BCUT2D eigenvalue weighted by molar-refractivity contribution is -0.144. The first-order chi connectivity index (χ1) is 19.0. The van der Waals surface area contributed by atoms with Gasteiger partial charge >= 0.3 is 0 Å². The van der Waals surface area contributed by atoms with E-state index in [2.05, 4.69) is 4.98 Å². The quantitative estimate of drug-likeness (QED) is 0.367. The molecular weight excluding hydrogens is 554 g/mol. The highest BCUT2D eigenvalue weighted by atomic mass is 35.5. The predicted molar refractivity (Wildman–Crippen MR) is 152 cm³/mol. The summed E-state index contributed by atoms with van der Waals surface area (Å²) in [6.45, 7) is 3.85. The normalized spacial score (nSPS) is 16.4. The van der Waals surface area contributed by atoms with Crippen molar-refractivity contribution in [2.24, 2.45) is 5.73 Å². The summed E-state index contributed by atoms with van der Waals surface area (Å²) in [5.41, 5.74) is 6.27. The molecule has 2 atom stereocenters. The van der Waals surface area contributed by atoms with Gasteiger partial charge in [0.05, 0.1) is 11.4 Å². The van der Waals surface area contributed by atoms with Crippen LogP contribution in [0.15, 0.2) is 65.7 Å². The third-order valence-corrected chi connectivity index (χ3v) is 9.22. The minimum absolute atomic E-state index is 0.0781. The van der Waals surface area contributed by atoms with E-state index in [1.165, 1.54) is 17.0 Å². The molecule has 10 nitrogen and oxygen atoms in total. The van der Waals surface area contributed by atoms with Gasteiger partial charge in [0.1, 0.15) is 12.1 Å². The number of carbonyl (C=O) groups is 3. The van der Waals surface area contributed by atoms with Gasteiger partial charge in [0.25, 0.3) is 0 Å². The second-order valence-electron chi connectivity index (χ2n) is 9.67. The summed E-state index contributed by atoms with van der Waals surface area (Å²) in [5.74, 6) is -1.68. The molecule has 1 aliphatic heterocycles. The van der Waals surface area contributed by atoms with Crippen molar-refractivity contribution in [3.63, 3.8) is 0 Å². The van der Waals surface area contributed by atoms with Crippen molar-refractivity contribution < 1.29 is 22.8 Å². The number of aromatic nitrogens is 1. The van der Waals surface area contributed by atoms with Gasteiger partial charge < -0.3 is 15.5 Å². The first-order valence-corrected chi connectivity index (χ1v) is 14.8. The van der Waals surface area contributed by atoms with Crippen LogP contribution in [-0.2, 0) is 30.8 Å². The molecule has 0 spiro atoms. The standard InChI is InChI=1S/C28H32ClN5O5S/c1-3-32(14-11-23-6-4-5-13-31-23)27(36)19(2)33-15-12-25(28(33)37)34(18-26(30)35)40(38,39)24-10-8-20-16-22(29)9-7-21(20)17-24/h4-10,13,16-17,19,25H,3,11-12,14-15,18H2,1-2H3,(H2,30,35)/t19-,25-/m0/s1. The summed E-state index contributed by atoms with van der Waals surface area (Å²) in [4.78, 5) is 46.1. The number of carbonyl (C=O) groups excluding carboxylic acids is 3. The number of hydrogen-bond donors (Lipinski definition) is 1. The lowest BCUT2D eigenvalue weighted by Crippen LogP contribution is -2.52. The molecule has 0 aliphatic carbocycles. The van der Waals surface area contributed by atoms with E-state index in [9.17, 15) is 22.8 Å². The zero-order chi connectivity index (χ0) is 29.0. The Kier molecular flexibility index (Phi) is 9.07. The van der Waals surface area contributed by atoms with E-state index in [0.29, 0.717) is 29.9 Å². The zero-order valence-corrected chi connectivity index (χ0v) is 23.9. The molecule has 212 valence electrons. The largest absolute Gasteiger partial charge is 0.369 e. The van der Waals surface area contributed by atoms with E-state index < -0.39 is 40.5 Å². The summed E-state index contributed by atoms with van der Waals surface area (Å²) < 4.78 is 28.3. The Bertz CT molecular complexity index is 1520. The van der Waals surface area contributed by atoms with Gasteiger partial charge in [-0.3, -0.25) is 19.4 Å². The molecule has 0 radical (unpaired) electrons. The average molecular weight is 586 g/mol. The molecule has 0 unspecified atom stereocenters. The fourth-order valence-electron chi connectivity index (χ4n) is 4.96. The molecule has 0 bridgehead atoms. The molecule has 40 heavy (non-hydrogen) atoms. The number of benzene rings is 2. The average Bonchev–Trinajstić information content (AvgIpc) is 3.32. The first kappa shape index (κ1) is 29.4. The van der Waals surface area contributed by atoms with E-state index >= 15 is 0 Å². The van der Waals surface area contributed by atoms with Crippen LogP contribution in [0.1, 0.15) is 26.0 Å². The van der Waals surface area contributed by atoms with Crippen LogP contribution in [0.3, 0.4) is 0 Å². The number of primary amides is 1. The smallest absolute Gasteiger partial charge is 0.245 e. The van der Waals surface area contributed by atoms with Gasteiger partial charge in [-0.1, -0.05) is 29.8 Å². The third-order valence-electron chi connectivity index (χ3n) is 7.13. The number of fused-ring (bicyclic) bond motifs is 1. The van der Waals surface area contributed by atoms with Crippen LogP contribution in [0.25, 0.3) is 10.8 Å². The molecule has 2 N–H and O–H groups in total. The first-order valence-electron chi connectivity index (χ1n) is 13.0. The number of halogens is 1. The van der Waals surface area contributed by atoms with Crippen molar-refractivity contribution in [3.8, 4) is 0 Å². The number of rotatable bonds is 11. The number of amides is 3. The third kappa shape index (κ3) is 6.27. The van der Waals surface area contributed by atoms with Crippen molar-refractivity contribution in [1.29, 1.82) is 0 Å². The molecule has 2 heterocycles. The van der Waals surface area contributed by atoms with Gasteiger partial charge in [-0.25, -0.2) is 8.42 Å². The van der Waals surface area contributed by atoms with E-state index in [1.807, 2.05) is 25.1 Å². The topological polar surface area (TPSA) is 134 Å². The maximum Gasteiger partial charge on any atom is 0.245 e. The molecule has 3 amide bonds. The second kappa shape index (κ2) is 12.3. The molecule has 3 aromatic rings. The number of nitrogens with two attached hydrogens (primary N) is 1. The van der Waals surface area contributed by atoms with Crippen molar-refractivity contribution in [2.75, 3.05) is 26.2 Å². The monoisotopic (exact) mass is 585 g/mol. The summed E-state index contributed by atoms with van der Waals surface area (Å²) in [6.07, 6.45) is 2.37. The summed E-state index contributed by atoms with van der Waals surface area (Å²) in [6, 6.07) is 13.1. The van der Waals surface area contributed by atoms with Crippen LogP contribution in [0.4, 0.5) is 0 Å².